The molecule has 0 atom stereocenters. The third kappa shape index (κ3) is 5.73. The molecule has 0 saturated heterocycles. The van der Waals surface area contributed by atoms with Gasteiger partial charge in [-0.05, 0) is 105 Å². The summed E-state index contributed by atoms with van der Waals surface area (Å²) in [7, 11) is 0. The maximum Gasteiger partial charge on any atom is 0.165 e. The lowest BCUT2D eigenvalue weighted by Crippen LogP contribution is -2.04. The van der Waals surface area contributed by atoms with E-state index in [4.69, 9.17) is 9.97 Å². The molecule has 8 rings (SSSR count). The molecule has 0 aliphatic rings. The molecule has 3 aromatic heterocycles. The van der Waals surface area contributed by atoms with E-state index in [0.717, 1.165) is 60.9 Å². The Morgan fingerprint density at radius 3 is 1.29 bits per heavy atom. The quantitative estimate of drug-likeness (QED) is 0.179. The van der Waals surface area contributed by atoms with E-state index in [9.17, 15) is 10.5 Å². The highest BCUT2D eigenvalue weighted by Gasteiger charge is 2.21. The highest BCUT2D eigenvalue weighted by molar-refractivity contribution is 6.11. The standard InChI is InChI=1S/C42H29N9/c1-24-45-25(2)48-41(47-24)34-15-18-38(37(19-34)42-49-26(3)46-27(4)50-42)51-39-20-32(30-9-5-28(22-43)6-10-30)13-16-35(39)36-17-14-33(21-40(36)51)31-11-7-29(23-44)8-12-31/h5-21H,1-4H3. The summed E-state index contributed by atoms with van der Waals surface area (Å²) in [6, 6.07) is 38.8. The van der Waals surface area contributed by atoms with Crippen LogP contribution in [0.4, 0.5) is 0 Å². The normalized spacial score (nSPS) is 11.1. The van der Waals surface area contributed by atoms with Gasteiger partial charge in [-0.15, -0.1) is 0 Å². The second kappa shape index (κ2) is 12.4. The Morgan fingerprint density at radius 1 is 0.431 bits per heavy atom. The van der Waals surface area contributed by atoms with E-state index in [-0.39, 0.29) is 0 Å². The summed E-state index contributed by atoms with van der Waals surface area (Å²) >= 11 is 0. The van der Waals surface area contributed by atoms with Gasteiger partial charge in [-0.25, -0.2) is 29.9 Å². The van der Waals surface area contributed by atoms with Crippen molar-refractivity contribution >= 4 is 21.8 Å². The number of benzene rings is 5. The molecule has 5 aromatic carbocycles. The number of aryl methyl sites for hydroxylation is 4. The second-order valence-corrected chi connectivity index (χ2v) is 12.4. The van der Waals surface area contributed by atoms with Crippen LogP contribution in [0.1, 0.15) is 34.4 Å². The van der Waals surface area contributed by atoms with Crippen LogP contribution in [-0.4, -0.2) is 34.5 Å². The Kier molecular flexibility index (Phi) is 7.59. The summed E-state index contributed by atoms with van der Waals surface area (Å²) in [6.45, 7) is 7.46. The number of nitriles is 2. The topological polar surface area (TPSA) is 130 Å². The van der Waals surface area contributed by atoms with Crippen molar-refractivity contribution in [3.05, 3.63) is 138 Å². The third-order valence-corrected chi connectivity index (χ3v) is 8.92. The lowest BCUT2D eigenvalue weighted by atomic mass is 10.0. The fourth-order valence-corrected chi connectivity index (χ4v) is 6.64. The van der Waals surface area contributed by atoms with Gasteiger partial charge in [0.2, 0.25) is 0 Å². The Balaban J connectivity index is 1.45. The maximum atomic E-state index is 9.40. The van der Waals surface area contributed by atoms with Gasteiger partial charge in [0.25, 0.3) is 0 Å². The van der Waals surface area contributed by atoms with Crippen molar-refractivity contribution in [2.24, 2.45) is 0 Å². The van der Waals surface area contributed by atoms with Gasteiger partial charge in [-0.1, -0.05) is 48.5 Å². The molecule has 8 aromatic rings. The van der Waals surface area contributed by atoms with E-state index in [2.05, 4.69) is 79.1 Å². The van der Waals surface area contributed by atoms with E-state index in [1.54, 1.807) is 0 Å². The molecule has 0 aliphatic heterocycles. The molecule has 0 spiro atoms. The summed E-state index contributed by atoms with van der Waals surface area (Å²) in [5, 5.41) is 20.9. The van der Waals surface area contributed by atoms with Gasteiger partial charge in [0.15, 0.2) is 11.6 Å². The number of rotatable bonds is 5. The molecule has 0 N–H and O–H groups in total. The summed E-state index contributed by atoms with van der Waals surface area (Å²) in [4.78, 5) is 27.8. The maximum absolute atomic E-state index is 9.40. The van der Waals surface area contributed by atoms with Gasteiger partial charge in [0, 0.05) is 21.9 Å². The second-order valence-electron chi connectivity index (χ2n) is 12.4. The highest BCUT2D eigenvalue weighted by Crippen LogP contribution is 2.40. The Bertz CT molecular complexity index is 2590. The number of nitrogens with zero attached hydrogens (tertiary/aromatic N) is 9. The predicted molar refractivity (Wildman–Crippen MR) is 198 cm³/mol. The molecule has 0 amide bonds. The first-order valence-electron chi connectivity index (χ1n) is 16.4. The van der Waals surface area contributed by atoms with Gasteiger partial charge in [-0.2, -0.15) is 10.5 Å². The van der Waals surface area contributed by atoms with Crippen molar-refractivity contribution in [2.75, 3.05) is 0 Å². The molecule has 0 radical (unpaired) electrons. The molecule has 9 nitrogen and oxygen atoms in total. The molecule has 0 fully saturated rings. The molecule has 51 heavy (non-hydrogen) atoms. The van der Waals surface area contributed by atoms with Crippen molar-refractivity contribution in [3.63, 3.8) is 0 Å². The van der Waals surface area contributed by atoms with Crippen LogP contribution < -0.4 is 0 Å². The van der Waals surface area contributed by atoms with E-state index in [0.29, 0.717) is 46.1 Å². The number of aromatic nitrogens is 7. The molecule has 0 unspecified atom stereocenters. The minimum Gasteiger partial charge on any atom is -0.308 e. The minimum absolute atomic E-state index is 0.542. The monoisotopic (exact) mass is 659 g/mol. The molecule has 3 heterocycles. The number of hydrogen-bond donors (Lipinski definition) is 0. The Morgan fingerprint density at radius 2 is 0.843 bits per heavy atom. The van der Waals surface area contributed by atoms with E-state index in [1.165, 1.54) is 0 Å². The summed E-state index contributed by atoms with van der Waals surface area (Å²) in [6.07, 6.45) is 0. The first-order valence-corrected chi connectivity index (χ1v) is 16.4. The third-order valence-electron chi connectivity index (χ3n) is 8.92. The van der Waals surface area contributed by atoms with Gasteiger partial charge in [0.1, 0.15) is 23.3 Å². The van der Waals surface area contributed by atoms with Crippen LogP contribution in [0.2, 0.25) is 0 Å². The molecule has 0 saturated carbocycles. The Hall–Kier alpha value is -7.10. The summed E-state index contributed by atoms with van der Waals surface area (Å²) in [5.41, 5.74) is 9.74. The largest absolute Gasteiger partial charge is 0.308 e. The molecule has 0 bridgehead atoms. The average molecular weight is 660 g/mol. The smallest absolute Gasteiger partial charge is 0.165 e. The van der Waals surface area contributed by atoms with Crippen molar-refractivity contribution in [1.29, 1.82) is 10.5 Å². The number of fused-ring (bicyclic) bond motifs is 3. The van der Waals surface area contributed by atoms with Crippen molar-refractivity contribution in [2.45, 2.75) is 27.7 Å². The van der Waals surface area contributed by atoms with Crippen LogP contribution in [0, 0.1) is 50.4 Å². The summed E-state index contributed by atoms with van der Waals surface area (Å²) < 4.78 is 2.27. The predicted octanol–water partition coefficient (Wildman–Crippen LogP) is 8.80. The van der Waals surface area contributed by atoms with Gasteiger partial charge >= 0.3 is 0 Å². The lowest BCUT2D eigenvalue weighted by molar-refractivity contribution is 0.924. The van der Waals surface area contributed by atoms with Crippen LogP contribution in [0.5, 0.6) is 0 Å². The molecular weight excluding hydrogens is 631 g/mol. The van der Waals surface area contributed by atoms with Crippen molar-refractivity contribution in [3.8, 4) is 62.9 Å². The van der Waals surface area contributed by atoms with Crippen LogP contribution >= 0.6 is 0 Å². The van der Waals surface area contributed by atoms with Crippen molar-refractivity contribution < 1.29 is 0 Å². The first-order chi connectivity index (χ1) is 24.8. The van der Waals surface area contributed by atoms with E-state index in [1.807, 2.05) is 88.4 Å². The fourth-order valence-electron chi connectivity index (χ4n) is 6.64. The number of hydrogen-bond acceptors (Lipinski definition) is 8. The van der Waals surface area contributed by atoms with Crippen LogP contribution in [-0.2, 0) is 0 Å². The highest BCUT2D eigenvalue weighted by atomic mass is 15.0. The zero-order valence-corrected chi connectivity index (χ0v) is 28.3. The van der Waals surface area contributed by atoms with Gasteiger partial charge < -0.3 is 4.57 Å². The van der Waals surface area contributed by atoms with Crippen LogP contribution in [0.25, 0.3) is 72.5 Å². The zero-order chi connectivity index (χ0) is 35.2. The van der Waals surface area contributed by atoms with Crippen molar-refractivity contribution in [1.82, 2.24) is 34.5 Å². The first kappa shape index (κ1) is 31.2. The average Bonchev–Trinajstić information content (AvgIpc) is 3.46. The Labute approximate surface area is 294 Å². The molecule has 9 heteroatoms. The summed E-state index contributed by atoms with van der Waals surface area (Å²) in [5.74, 6) is 3.64. The zero-order valence-electron chi connectivity index (χ0n) is 28.3. The van der Waals surface area contributed by atoms with E-state index >= 15 is 0 Å². The van der Waals surface area contributed by atoms with E-state index < -0.39 is 0 Å². The lowest BCUT2D eigenvalue weighted by Gasteiger charge is -2.16. The molecule has 0 aliphatic carbocycles. The van der Waals surface area contributed by atoms with Crippen LogP contribution in [0.15, 0.2) is 103 Å². The SMILES string of the molecule is Cc1nc(C)nc(-c2ccc(-n3c4cc(-c5ccc(C#N)cc5)ccc4c4ccc(-c5ccc(C#N)cc5)cc43)c(-c3nc(C)nc(C)n3)c2)n1. The fraction of sp³-hybridized carbons (Fsp3) is 0.0952. The minimum atomic E-state index is 0.542. The molecular formula is C42H29N9. The van der Waals surface area contributed by atoms with Gasteiger partial charge in [-0.3, -0.25) is 0 Å². The van der Waals surface area contributed by atoms with Gasteiger partial charge in [0.05, 0.1) is 40.0 Å². The van der Waals surface area contributed by atoms with Crippen LogP contribution in [0.3, 0.4) is 0 Å². The molecule has 242 valence electrons.